The van der Waals surface area contributed by atoms with Gasteiger partial charge in [0.15, 0.2) is 0 Å². The molecule has 114 valence electrons. The van der Waals surface area contributed by atoms with E-state index in [1.807, 2.05) is 0 Å². The number of aryl methyl sites for hydroxylation is 1. The number of carbonyl (C=O) groups excluding carboxylic acids is 1. The van der Waals surface area contributed by atoms with E-state index in [-0.39, 0.29) is 29.6 Å². The number of nitrogens with one attached hydrogen (secondary N) is 1. The molecule has 0 atom stereocenters. The number of amides is 1. The summed E-state index contributed by atoms with van der Waals surface area (Å²) < 4.78 is 0. The Morgan fingerprint density at radius 3 is 2.64 bits per heavy atom. The van der Waals surface area contributed by atoms with Crippen LogP contribution >= 0.6 is 0 Å². The Labute approximate surface area is 127 Å². The van der Waals surface area contributed by atoms with Gasteiger partial charge in [0.1, 0.15) is 17.2 Å². The third-order valence-electron chi connectivity index (χ3n) is 3.01. The van der Waals surface area contributed by atoms with Crippen molar-refractivity contribution in [2.45, 2.75) is 13.3 Å². The van der Waals surface area contributed by atoms with E-state index in [9.17, 15) is 20.1 Å². The molecule has 4 N–H and O–H groups in total. The van der Waals surface area contributed by atoms with Crippen LogP contribution in [0.2, 0.25) is 0 Å². The van der Waals surface area contributed by atoms with Crippen LogP contribution in [0.25, 0.3) is 0 Å². The monoisotopic (exact) mass is 300 g/mol. The smallest absolute Gasteiger partial charge is 0.244 e. The molecule has 0 saturated carbocycles. The molecule has 0 fully saturated rings. The predicted octanol–water partition coefficient (Wildman–Crippen LogP) is 1.80. The molecule has 2 rings (SSSR count). The molecule has 0 aliphatic carbocycles. The summed E-state index contributed by atoms with van der Waals surface area (Å²) in [4.78, 5) is 11.7. The van der Waals surface area contributed by atoms with Crippen LogP contribution in [0, 0.1) is 6.92 Å². The van der Waals surface area contributed by atoms with E-state index in [1.165, 1.54) is 30.5 Å². The summed E-state index contributed by atoms with van der Waals surface area (Å²) in [6.07, 6.45) is 1.39. The fourth-order valence-electron chi connectivity index (χ4n) is 1.99. The molecule has 0 saturated heterocycles. The molecule has 0 aromatic heterocycles. The molecular weight excluding hydrogens is 284 g/mol. The lowest BCUT2D eigenvalue weighted by Crippen LogP contribution is -2.19. The summed E-state index contributed by atoms with van der Waals surface area (Å²) in [5, 5.41) is 32.1. The lowest BCUT2D eigenvalue weighted by atomic mass is 10.1. The first kappa shape index (κ1) is 15.4. The van der Waals surface area contributed by atoms with Crippen molar-refractivity contribution >= 4 is 12.1 Å². The van der Waals surface area contributed by atoms with Crippen LogP contribution in [-0.2, 0) is 11.2 Å². The molecule has 0 aliphatic rings. The van der Waals surface area contributed by atoms with Gasteiger partial charge < -0.3 is 15.3 Å². The number of nitrogens with zero attached hydrogens (tertiary/aromatic N) is 1. The molecule has 1 amide bonds. The Balaban J connectivity index is 1.99. The van der Waals surface area contributed by atoms with Gasteiger partial charge in [0.05, 0.1) is 12.6 Å². The molecule has 22 heavy (non-hydrogen) atoms. The van der Waals surface area contributed by atoms with E-state index < -0.39 is 0 Å². The van der Waals surface area contributed by atoms with Crippen LogP contribution in [0.3, 0.4) is 0 Å². The van der Waals surface area contributed by atoms with Gasteiger partial charge in [-0.2, -0.15) is 5.10 Å². The minimum absolute atomic E-state index is 0.0416. The van der Waals surface area contributed by atoms with Gasteiger partial charge in [-0.15, -0.1) is 0 Å². The van der Waals surface area contributed by atoms with E-state index >= 15 is 0 Å². The van der Waals surface area contributed by atoms with E-state index in [0.717, 1.165) is 0 Å². The molecular formula is C16H16N2O4. The highest BCUT2D eigenvalue weighted by Crippen LogP contribution is 2.24. The maximum Gasteiger partial charge on any atom is 0.244 e. The molecule has 0 spiro atoms. The van der Waals surface area contributed by atoms with Gasteiger partial charge in [-0.05, 0) is 36.2 Å². The van der Waals surface area contributed by atoms with Gasteiger partial charge in [0, 0.05) is 11.6 Å². The molecule has 6 nitrogen and oxygen atoms in total. The number of carbonyl (C=O) groups is 1. The normalized spacial score (nSPS) is 10.8. The zero-order chi connectivity index (χ0) is 16.1. The summed E-state index contributed by atoms with van der Waals surface area (Å²) in [6, 6.07) is 9.08. The highest BCUT2D eigenvalue weighted by atomic mass is 16.3. The minimum atomic E-state index is -0.349. The third kappa shape index (κ3) is 3.99. The van der Waals surface area contributed by atoms with Crippen LogP contribution < -0.4 is 5.43 Å². The lowest BCUT2D eigenvalue weighted by molar-refractivity contribution is -0.120. The highest BCUT2D eigenvalue weighted by Gasteiger charge is 2.06. The van der Waals surface area contributed by atoms with Gasteiger partial charge in [-0.25, -0.2) is 5.43 Å². The second-order valence-electron chi connectivity index (χ2n) is 4.84. The molecule has 2 aromatic carbocycles. The number of hydrogen-bond acceptors (Lipinski definition) is 5. The molecule has 0 radical (unpaired) electrons. The van der Waals surface area contributed by atoms with E-state index in [0.29, 0.717) is 16.7 Å². The van der Waals surface area contributed by atoms with E-state index in [4.69, 9.17) is 0 Å². The van der Waals surface area contributed by atoms with E-state index in [1.54, 1.807) is 19.1 Å². The zero-order valence-electron chi connectivity index (χ0n) is 11.9. The van der Waals surface area contributed by atoms with Gasteiger partial charge in [-0.3, -0.25) is 4.79 Å². The first-order chi connectivity index (χ1) is 10.5. The average Bonchev–Trinajstić information content (AvgIpc) is 2.41. The first-order valence-corrected chi connectivity index (χ1v) is 6.58. The maximum absolute atomic E-state index is 11.7. The average molecular weight is 300 g/mol. The SMILES string of the molecule is Cc1cc(O)cc(O)c1C=NNC(=O)Cc1cccc(O)c1. The maximum atomic E-state index is 11.7. The molecule has 0 heterocycles. The van der Waals surface area contributed by atoms with Gasteiger partial charge >= 0.3 is 0 Å². The van der Waals surface area contributed by atoms with Crippen molar-refractivity contribution in [3.63, 3.8) is 0 Å². The Kier molecular flexibility index (Phi) is 4.63. The molecule has 2 aromatic rings. The fourth-order valence-corrected chi connectivity index (χ4v) is 1.99. The molecule has 0 aliphatic heterocycles. The Hall–Kier alpha value is -3.02. The third-order valence-corrected chi connectivity index (χ3v) is 3.01. The standard InChI is InChI=1S/C16H16N2O4/c1-10-5-13(20)8-15(21)14(10)9-17-18-16(22)7-11-3-2-4-12(19)6-11/h2-6,8-9,19-21H,7H2,1H3,(H,18,22). The summed E-state index contributed by atoms with van der Waals surface area (Å²) in [5.41, 5.74) is 4.05. The Morgan fingerprint density at radius 2 is 1.95 bits per heavy atom. The van der Waals surface area contributed by atoms with Gasteiger partial charge in [0.2, 0.25) is 5.91 Å². The molecule has 6 heteroatoms. The summed E-state index contributed by atoms with van der Waals surface area (Å²) in [5.74, 6) is -0.417. The van der Waals surface area contributed by atoms with Crippen molar-refractivity contribution < 1.29 is 20.1 Å². The second kappa shape index (κ2) is 6.62. The Bertz CT molecular complexity index is 703. The van der Waals surface area contributed by atoms with Crippen LogP contribution in [0.1, 0.15) is 16.7 Å². The summed E-state index contributed by atoms with van der Waals surface area (Å²) in [7, 11) is 0. The zero-order valence-corrected chi connectivity index (χ0v) is 11.9. The molecule has 0 unspecified atom stereocenters. The van der Waals surface area contributed by atoms with Crippen LogP contribution in [0.5, 0.6) is 17.2 Å². The van der Waals surface area contributed by atoms with Crippen molar-refractivity contribution in [3.8, 4) is 17.2 Å². The Morgan fingerprint density at radius 1 is 1.18 bits per heavy atom. The number of rotatable bonds is 4. The summed E-state index contributed by atoms with van der Waals surface area (Å²) >= 11 is 0. The number of phenols is 3. The largest absolute Gasteiger partial charge is 0.508 e. The lowest BCUT2D eigenvalue weighted by Gasteiger charge is -2.05. The van der Waals surface area contributed by atoms with Crippen molar-refractivity contribution in [2.24, 2.45) is 5.10 Å². The number of hydrazone groups is 1. The van der Waals surface area contributed by atoms with Crippen molar-refractivity contribution in [3.05, 3.63) is 53.1 Å². The number of hydrogen-bond donors (Lipinski definition) is 4. The topological polar surface area (TPSA) is 102 Å². The van der Waals surface area contributed by atoms with Gasteiger partial charge in [-0.1, -0.05) is 12.1 Å². The number of phenolic OH excluding ortho intramolecular Hbond substituents is 3. The van der Waals surface area contributed by atoms with Crippen LogP contribution in [-0.4, -0.2) is 27.4 Å². The molecule has 0 bridgehead atoms. The summed E-state index contributed by atoms with van der Waals surface area (Å²) in [6.45, 7) is 1.70. The van der Waals surface area contributed by atoms with Gasteiger partial charge in [0.25, 0.3) is 0 Å². The second-order valence-corrected chi connectivity index (χ2v) is 4.84. The predicted molar refractivity (Wildman–Crippen MR) is 82.1 cm³/mol. The van der Waals surface area contributed by atoms with Crippen molar-refractivity contribution in [2.75, 3.05) is 0 Å². The fraction of sp³-hybridized carbons (Fsp3) is 0.125. The number of aromatic hydroxyl groups is 3. The van der Waals surface area contributed by atoms with Crippen molar-refractivity contribution in [1.29, 1.82) is 0 Å². The highest BCUT2D eigenvalue weighted by molar-refractivity contribution is 5.87. The van der Waals surface area contributed by atoms with Crippen LogP contribution in [0.15, 0.2) is 41.5 Å². The minimum Gasteiger partial charge on any atom is -0.508 e. The van der Waals surface area contributed by atoms with E-state index in [2.05, 4.69) is 10.5 Å². The first-order valence-electron chi connectivity index (χ1n) is 6.58. The van der Waals surface area contributed by atoms with Crippen LogP contribution in [0.4, 0.5) is 0 Å². The quantitative estimate of drug-likeness (QED) is 0.511. The van der Waals surface area contributed by atoms with Crippen molar-refractivity contribution in [1.82, 2.24) is 5.43 Å². The number of benzene rings is 2.